The number of hydrogen-bond donors (Lipinski definition) is 1. The minimum Gasteiger partial charge on any atom is -0.496 e. The Kier molecular flexibility index (Phi) is 4.42. The molecule has 0 fully saturated rings. The van der Waals surface area contributed by atoms with Gasteiger partial charge < -0.3 is 15.2 Å². The molecular weight excluding hydrogens is 340 g/mol. The number of nitriles is 1. The first-order chi connectivity index (χ1) is 12.0. The summed E-state index contributed by atoms with van der Waals surface area (Å²) in [4.78, 5) is 18.9. The van der Waals surface area contributed by atoms with E-state index in [0.717, 1.165) is 5.56 Å². The summed E-state index contributed by atoms with van der Waals surface area (Å²) in [5, 5.41) is 9.86. The molecule has 7 nitrogen and oxygen atoms in total. The predicted octanol–water partition coefficient (Wildman–Crippen LogP) is 2.25. The van der Waals surface area contributed by atoms with Crippen LogP contribution >= 0.6 is 11.8 Å². The van der Waals surface area contributed by atoms with E-state index in [1.165, 1.54) is 18.9 Å². The molecule has 0 amide bonds. The van der Waals surface area contributed by atoms with Crippen LogP contribution < -0.4 is 10.5 Å². The van der Waals surface area contributed by atoms with E-state index < -0.39 is 12.0 Å². The van der Waals surface area contributed by atoms with E-state index in [9.17, 15) is 10.1 Å². The molecule has 1 atom stereocenters. The van der Waals surface area contributed by atoms with Crippen LogP contribution in [0.3, 0.4) is 0 Å². The van der Waals surface area contributed by atoms with Crippen LogP contribution in [-0.4, -0.2) is 30.3 Å². The fourth-order valence-electron chi connectivity index (χ4n) is 2.90. The van der Waals surface area contributed by atoms with Gasteiger partial charge >= 0.3 is 5.97 Å². The molecule has 2 aliphatic heterocycles. The molecule has 0 saturated heterocycles. The van der Waals surface area contributed by atoms with Gasteiger partial charge in [-0.2, -0.15) is 5.26 Å². The highest BCUT2D eigenvalue weighted by Crippen LogP contribution is 2.47. The summed E-state index contributed by atoms with van der Waals surface area (Å²) in [5.74, 6) is 0.363. The van der Waals surface area contributed by atoms with Crippen LogP contribution in [0.4, 0.5) is 0 Å². The first kappa shape index (κ1) is 16.9. The molecule has 25 heavy (non-hydrogen) atoms. The van der Waals surface area contributed by atoms with Crippen LogP contribution in [-0.2, 0) is 9.53 Å². The summed E-state index contributed by atoms with van der Waals surface area (Å²) < 4.78 is 10.4. The van der Waals surface area contributed by atoms with Crippen molar-refractivity contribution in [1.82, 2.24) is 4.90 Å². The Bertz CT molecular complexity index is 882. The molecule has 1 aromatic carbocycles. The zero-order valence-corrected chi connectivity index (χ0v) is 14.8. The number of aliphatic imine (C=N–C) groups is 1. The molecule has 128 valence electrons. The monoisotopic (exact) mass is 356 g/mol. The third kappa shape index (κ3) is 2.62. The highest BCUT2D eigenvalue weighted by molar-refractivity contribution is 8.17. The Morgan fingerprint density at radius 2 is 2.12 bits per heavy atom. The molecule has 2 heterocycles. The second-order valence-electron chi connectivity index (χ2n) is 5.33. The van der Waals surface area contributed by atoms with Crippen molar-refractivity contribution in [3.8, 4) is 11.8 Å². The molecule has 0 aromatic heterocycles. The highest BCUT2D eigenvalue weighted by Gasteiger charge is 2.43. The van der Waals surface area contributed by atoms with Crippen molar-refractivity contribution in [2.24, 2.45) is 10.7 Å². The second-order valence-corrected chi connectivity index (χ2v) is 6.31. The molecular formula is C17H16N4O3S. The molecule has 2 aliphatic rings. The molecule has 0 radical (unpaired) electrons. The van der Waals surface area contributed by atoms with Gasteiger partial charge in [0.15, 0.2) is 5.17 Å². The Balaban J connectivity index is 2.26. The summed E-state index contributed by atoms with van der Waals surface area (Å²) in [5.41, 5.74) is 7.80. The maximum absolute atomic E-state index is 12.5. The number of ether oxygens (including phenoxy) is 2. The topological polar surface area (TPSA) is 101 Å². The molecule has 2 N–H and O–H groups in total. The van der Waals surface area contributed by atoms with Crippen LogP contribution in [0.25, 0.3) is 0 Å². The van der Waals surface area contributed by atoms with Crippen LogP contribution in [0.1, 0.15) is 18.5 Å². The minimum atomic E-state index is -0.588. The number of esters is 1. The molecule has 0 spiro atoms. The number of fused-ring (bicyclic) bond motifs is 1. The van der Waals surface area contributed by atoms with Gasteiger partial charge in [-0.3, -0.25) is 4.90 Å². The van der Waals surface area contributed by atoms with E-state index in [0.29, 0.717) is 27.1 Å². The molecule has 3 rings (SSSR count). The summed E-state index contributed by atoms with van der Waals surface area (Å²) in [6, 6.07) is 8.83. The van der Waals surface area contributed by atoms with Gasteiger partial charge in [-0.1, -0.05) is 18.2 Å². The second kappa shape index (κ2) is 6.53. The number of carbonyl (C=O) groups is 1. The third-order valence-corrected chi connectivity index (χ3v) is 4.99. The number of rotatable bonds is 3. The number of para-hydroxylation sites is 1. The van der Waals surface area contributed by atoms with Crippen molar-refractivity contribution in [3.05, 3.63) is 51.8 Å². The number of carbonyl (C=O) groups excluding carboxylic acids is 1. The smallest absolute Gasteiger partial charge is 0.338 e. The van der Waals surface area contributed by atoms with E-state index in [1.807, 2.05) is 18.2 Å². The van der Waals surface area contributed by atoms with Gasteiger partial charge in [-0.25, -0.2) is 9.79 Å². The van der Waals surface area contributed by atoms with Crippen molar-refractivity contribution in [1.29, 1.82) is 5.26 Å². The molecule has 0 aliphatic carbocycles. The minimum absolute atomic E-state index is 0.260. The summed E-state index contributed by atoms with van der Waals surface area (Å²) in [7, 11) is 2.88. The van der Waals surface area contributed by atoms with E-state index in [2.05, 4.69) is 11.1 Å². The summed E-state index contributed by atoms with van der Waals surface area (Å²) in [6.45, 7) is 1.74. The predicted molar refractivity (Wildman–Crippen MR) is 94.1 cm³/mol. The van der Waals surface area contributed by atoms with E-state index in [1.54, 1.807) is 25.0 Å². The lowest BCUT2D eigenvalue weighted by Crippen LogP contribution is -2.38. The SMILES string of the molecule is COC(=O)C1=C(C)N=C2SC(C#N)=C(N)N2[C@@H]1c1ccccc1OC. The average molecular weight is 356 g/mol. The number of thioether (sulfide) groups is 1. The molecule has 8 heteroatoms. The van der Waals surface area contributed by atoms with Crippen molar-refractivity contribution < 1.29 is 14.3 Å². The molecule has 0 saturated carbocycles. The Morgan fingerprint density at radius 1 is 1.40 bits per heavy atom. The van der Waals surface area contributed by atoms with Gasteiger partial charge in [0.05, 0.1) is 25.5 Å². The number of benzene rings is 1. The number of hydrogen-bond acceptors (Lipinski definition) is 8. The maximum Gasteiger partial charge on any atom is 0.338 e. The zero-order valence-electron chi connectivity index (χ0n) is 13.9. The van der Waals surface area contributed by atoms with Gasteiger partial charge in [0, 0.05) is 5.56 Å². The van der Waals surface area contributed by atoms with Crippen LogP contribution in [0.5, 0.6) is 5.75 Å². The third-order valence-electron chi connectivity index (χ3n) is 4.02. The number of allylic oxidation sites excluding steroid dienone is 2. The quantitative estimate of drug-likeness (QED) is 0.829. The average Bonchev–Trinajstić information content (AvgIpc) is 2.95. The first-order valence-corrected chi connectivity index (χ1v) is 8.22. The van der Waals surface area contributed by atoms with Crippen LogP contribution in [0, 0.1) is 11.3 Å². The Labute approximate surface area is 149 Å². The summed E-state index contributed by atoms with van der Waals surface area (Å²) in [6.07, 6.45) is 0. The van der Waals surface area contributed by atoms with Gasteiger partial charge in [0.2, 0.25) is 0 Å². The largest absolute Gasteiger partial charge is 0.496 e. The highest BCUT2D eigenvalue weighted by atomic mass is 32.2. The van der Waals surface area contributed by atoms with Gasteiger partial charge in [0.25, 0.3) is 0 Å². The fourth-order valence-corrected chi connectivity index (χ4v) is 3.81. The van der Waals surface area contributed by atoms with Crippen LogP contribution in [0.2, 0.25) is 0 Å². The van der Waals surface area contributed by atoms with Crippen molar-refractivity contribution in [2.75, 3.05) is 14.2 Å². The normalized spacial score (nSPS) is 19.4. The Hall–Kier alpha value is -2.92. The Morgan fingerprint density at radius 3 is 2.76 bits per heavy atom. The van der Waals surface area contributed by atoms with Crippen molar-refractivity contribution in [2.45, 2.75) is 13.0 Å². The molecule has 0 bridgehead atoms. The van der Waals surface area contributed by atoms with Crippen molar-refractivity contribution in [3.63, 3.8) is 0 Å². The lowest BCUT2D eigenvalue weighted by Gasteiger charge is -2.35. The van der Waals surface area contributed by atoms with Gasteiger partial charge in [-0.15, -0.1) is 0 Å². The maximum atomic E-state index is 12.5. The standard InChI is InChI=1S/C17H16N4O3S/c1-9-13(16(22)24-3)14(10-6-4-5-7-11(10)23-2)21-15(19)12(8-18)25-17(21)20-9/h4-7,14H,19H2,1-3H3/t14-/m1/s1. The van der Waals surface area contributed by atoms with Gasteiger partial charge in [0.1, 0.15) is 28.6 Å². The van der Waals surface area contributed by atoms with Gasteiger partial charge in [-0.05, 0) is 24.8 Å². The zero-order chi connectivity index (χ0) is 18.1. The first-order valence-electron chi connectivity index (χ1n) is 7.41. The number of methoxy groups -OCH3 is 2. The number of nitrogens with zero attached hydrogens (tertiary/aromatic N) is 3. The van der Waals surface area contributed by atoms with E-state index in [-0.39, 0.29) is 5.82 Å². The van der Waals surface area contributed by atoms with E-state index in [4.69, 9.17) is 15.2 Å². The van der Waals surface area contributed by atoms with Crippen LogP contribution in [0.15, 0.2) is 51.3 Å². The lowest BCUT2D eigenvalue weighted by molar-refractivity contribution is -0.136. The number of nitrogens with two attached hydrogens (primary N) is 1. The van der Waals surface area contributed by atoms with E-state index >= 15 is 0 Å². The number of amidine groups is 1. The fraction of sp³-hybridized carbons (Fsp3) is 0.235. The van der Waals surface area contributed by atoms with Crippen molar-refractivity contribution >= 4 is 22.9 Å². The molecule has 0 unspecified atom stereocenters. The molecule has 1 aromatic rings. The lowest BCUT2D eigenvalue weighted by atomic mass is 9.94. The summed E-state index contributed by atoms with van der Waals surface area (Å²) >= 11 is 1.18.